The molecule has 0 saturated heterocycles. The average Bonchev–Trinajstić information content (AvgIpc) is 3.07. The van der Waals surface area contributed by atoms with Crippen LogP contribution in [-0.2, 0) is 0 Å². The minimum Gasteiger partial charge on any atom is -0.454 e. The molecule has 3 aromatic carbocycles. The second-order valence-corrected chi connectivity index (χ2v) is 5.97. The zero-order valence-electron chi connectivity index (χ0n) is 13.2. The summed E-state index contributed by atoms with van der Waals surface area (Å²) >= 11 is 0. The molecule has 0 aliphatic rings. The van der Waals surface area contributed by atoms with Crippen LogP contribution < -0.4 is 0 Å². The highest BCUT2D eigenvalue weighted by atomic mass is 16.3. The number of hydrogen-bond acceptors (Lipinski definition) is 3. The SMILES string of the molecule is N#Cc1ccc2nc(-c3ccccc3)c3oc4ccccc4c3c2c1. The zero-order chi connectivity index (χ0) is 16.8. The second kappa shape index (κ2) is 5.19. The molecule has 0 unspecified atom stereocenters. The highest BCUT2D eigenvalue weighted by Gasteiger charge is 2.17. The van der Waals surface area contributed by atoms with E-state index in [1.807, 2.05) is 60.7 Å². The first-order chi connectivity index (χ1) is 12.3. The predicted molar refractivity (Wildman–Crippen MR) is 99.2 cm³/mol. The first kappa shape index (κ1) is 13.8. The summed E-state index contributed by atoms with van der Waals surface area (Å²) in [5, 5.41) is 12.3. The molecule has 2 aromatic heterocycles. The molecule has 25 heavy (non-hydrogen) atoms. The van der Waals surface area contributed by atoms with E-state index in [0.29, 0.717) is 5.56 Å². The third kappa shape index (κ3) is 2.02. The van der Waals surface area contributed by atoms with Crippen molar-refractivity contribution in [3.05, 3.63) is 78.4 Å². The number of nitriles is 1. The summed E-state index contributed by atoms with van der Waals surface area (Å²) in [5.41, 5.74) is 4.90. The quantitative estimate of drug-likeness (QED) is 0.399. The third-order valence-electron chi connectivity index (χ3n) is 4.49. The number of hydrogen-bond donors (Lipinski definition) is 0. The van der Waals surface area contributed by atoms with Gasteiger partial charge in [-0.15, -0.1) is 0 Å². The lowest BCUT2D eigenvalue weighted by Gasteiger charge is -2.06. The van der Waals surface area contributed by atoms with Gasteiger partial charge in [-0.2, -0.15) is 5.26 Å². The summed E-state index contributed by atoms with van der Waals surface area (Å²) in [6.45, 7) is 0. The number of aromatic nitrogens is 1. The minimum atomic E-state index is 0.619. The van der Waals surface area contributed by atoms with Gasteiger partial charge in [0.2, 0.25) is 0 Å². The number of furan rings is 1. The Morgan fingerprint density at radius 1 is 0.840 bits per heavy atom. The van der Waals surface area contributed by atoms with Crippen molar-refractivity contribution < 1.29 is 4.42 Å². The standard InChI is InChI=1S/C22H12N2O/c23-13-14-10-11-18-17(12-14)20-16-8-4-5-9-19(16)25-22(20)21(24-18)15-6-2-1-3-7-15/h1-12H. The van der Waals surface area contributed by atoms with Gasteiger partial charge in [0, 0.05) is 21.7 Å². The number of nitrogens with zero attached hydrogens (tertiary/aromatic N) is 2. The highest BCUT2D eigenvalue weighted by molar-refractivity contribution is 6.20. The maximum atomic E-state index is 9.27. The van der Waals surface area contributed by atoms with Crippen LogP contribution in [-0.4, -0.2) is 4.98 Å². The largest absolute Gasteiger partial charge is 0.454 e. The fraction of sp³-hybridized carbons (Fsp3) is 0. The van der Waals surface area contributed by atoms with E-state index in [-0.39, 0.29) is 0 Å². The van der Waals surface area contributed by atoms with Gasteiger partial charge in [0.15, 0.2) is 5.58 Å². The molecule has 3 nitrogen and oxygen atoms in total. The fourth-order valence-electron chi connectivity index (χ4n) is 3.35. The summed E-state index contributed by atoms with van der Waals surface area (Å²) in [7, 11) is 0. The van der Waals surface area contributed by atoms with E-state index in [1.165, 1.54) is 0 Å². The molecule has 0 aliphatic carbocycles. The van der Waals surface area contributed by atoms with Crippen LogP contribution in [0.2, 0.25) is 0 Å². The fourth-order valence-corrected chi connectivity index (χ4v) is 3.35. The van der Waals surface area contributed by atoms with Crippen LogP contribution >= 0.6 is 0 Å². The van der Waals surface area contributed by atoms with Crippen molar-refractivity contribution in [2.75, 3.05) is 0 Å². The van der Waals surface area contributed by atoms with Crippen molar-refractivity contribution in [2.24, 2.45) is 0 Å². The molecule has 3 heteroatoms. The molecule has 116 valence electrons. The summed E-state index contributed by atoms with van der Waals surface area (Å²) in [6, 6.07) is 25.8. The third-order valence-corrected chi connectivity index (χ3v) is 4.49. The molecule has 0 radical (unpaired) electrons. The topological polar surface area (TPSA) is 49.8 Å². The zero-order valence-corrected chi connectivity index (χ0v) is 13.2. The number of fused-ring (bicyclic) bond motifs is 5. The van der Waals surface area contributed by atoms with Gasteiger partial charge < -0.3 is 4.42 Å². The highest BCUT2D eigenvalue weighted by Crippen LogP contribution is 2.39. The Labute approximate surface area is 143 Å². The number of rotatable bonds is 1. The summed E-state index contributed by atoms with van der Waals surface area (Å²) in [4.78, 5) is 4.84. The Hall–Kier alpha value is -3.64. The Balaban J connectivity index is 2.04. The molecule has 0 atom stereocenters. The van der Waals surface area contributed by atoms with Crippen LogP contribution in [0.4, 0.5) is 0 Å². The molecule has 0 N–H and O–H groups in total. The molecule has 5 rings (SSSR count). The molecule has 5 aromatic rings. The summed E-state index contributed by atoms with van der Waals surface area (Å²) in [6.07, 6.45) is 0. The van der Waals surface area contributed by atoms with Gasteiger partial charge >= 0.3 is 0 Å². The van der Waals surface area contributed by atoms with Crippen LogP contribution in [0.3, 0.4) is 0 Å². The van der Waals surface area contributed by atoms with E-state index < -0.39 is 0 Å². The first-order valence-electron chi connectivity index (χ1n) is 8.06. The summed E-state index contributed by atoms with van der Waals surface area (Å²) < 4.78 is 6.17. The maximum Gasteiger partial charge on any atom is 0.162 e. The molecule has 0 fully saturated rings. The van der Waals surface area contributed by atoms with E-state index in [2.05, 4.69) is 12.1 Å². The van der Waals surface area contributed by atoms with Crippen molar-refractivity contribution >= 4 is 32.8 Å². The maximum absolute atomic E-state index is 9.27. The molecule has 0 bridgehead atoms. The van der Waals surface area contributed by atoms with Gasteiger partial charge in [0.1, 0.15) is 11.3 Å². The summed E-state index contributed by atoms with van der Waals surface area (Å²) in [5.74, 6) is 0. The molecular weight excluding hydrogens is 308 g/mol. The van der Waals surface area contributed by atoms with Gasteiger partial charge in [-0.05, 0) is 24.3 Å². The van der Waals surface area contributed by atoms with Crippen molar-refractivity contribution in [2.45, 2.75) is 0 Å². The van der Waals surface area contributed by atoms with Gasteiger partial charge in [0.05, 0.1) is 17.1 Å². The number of pyridine rings is 1. The average molecular weight is 320 g/mol. The van der Waals surface area contributed by atoms with Crippen LogP contribution in [0.25, 0.3) is 44.1 Å². The lowest BCUT2D eigenvalue weighted by Crippen LogP contribution is -1.88. The lowest BCUT2D eigenvalue weighted by atomic mass is 10.0. The van der Waals surface area contributed by atoms with Gasteiger partial charge in [-0.25, -0.2) is 4.98 Å². The Bertz CT molecular complexity index is 1290. The van der Waals surface area contributed by atoms with Crippen molar-refractivity contribution in [3.8, 4) is 17.3 Å². The van der Waals surface area contributed by atoms with Crippen molar-refractivity contribution in [3.63, 3.8) is 0 Å². The molecule has 2 heterocycles. The predicted octanol–water partition coefficient (Wildman–Crippen LogP) is 5.67. The van der Waals surface area contributed by atoms with E-state index in [1.54, 1.807) is 6.07 Å². The smallest absolute Gasteiger partial charge is 0.162 e. The van der Waals surface area contributed by atoms with Crippen molar-refractivity contribution in [1.29, 1.82) is 5.26 Å². The van der Waals surface area contributed by atoms with Gasteiger partial charge in [-0.3, -0.25) is 0 Å². The van der Waals surface area contributed by atoms with Crippen molar-refractivity contribution in [1.82, 2.24) is 4.98 Å². The van der Waals surface area contributed by atoms with Crippen LogP contribution in [0.5, 0.6) is 0 Å². The number of para-hydroxylation sites is 1. The van der Waals surface area contributed by atoms with E-state index >= 15 is 0 Å². The Kier molecular flexibility index (Phi) is 2.86. The van der Waals surface area contributed by atoms with Crippen LogP contribution in [0.1, 0.15) is 5.56 Å². The monoisotopic (exact) mass is 320 g/mol. The minimum absolute atomic E-state index is 0.619. The van der Waals surface area contributed by atoms with Gasteiger partial charge in [-0.1, -0.05) is 48.5 Å². The molecule has 0 spiro atoms. The Morgan fingerprint density at radius 3 is 2.48 bits per heavy atom. The van der Waals surface area contributed by atoms with E-state index in [9.17, 15) is 5.26 Å². The molecule has 0 saturated carbocycles. The lowest BCUT2D eigenvalue weighted by molar-refractivity contribution is 0.669. The first-order valence-corrected chi connectivity index (χ1v) is 8.06. The van der Waals surface area contributed by atoms with Gasteiger partial charge in [0.25, 0.3) is 0 Å². The van der Waals surface area contributed by atoms with Crippen LogP contribution in [0, 0.1) is 11.3 Å². The van der Waals surface area contributed by atoms with E-state index in [4.69, 9.17) is 9.40 Å². The molecular formula is C22H12N2O. The van der Waals surface area contributed by atoms with Crippen LogP contribution in [0.15, 0.2) is 77.2 Å². The Morgan fingerprint density at radius 2 is 1.64 bits per heavy atom. The number of benzene rings is 3. The van der Waals surface area contributed by atoms with E-state index in [0.717, 1.165) is 44.1 Å². The molecule has 0 amide bonds. The molecule has 0 aliphatic heterocycles. The second-order valence-electron chi connectivity index (χ2n) is 5.97. The normalized spacial score (nSPS) is 11.2.